The lowest BCUT2D eigenvalue weighted by molar-refractivity contribution is 0.882. The molecule has 0 aliphatic carbocycles. The highest BCUT2D eigenvalue weighted by Gasteiger charge is 2.15. The number of nitrogens with one attached hydrogen (secondary N) is 1. The molecule has 5 nitrogen and oxygen atoms in total. The Labute approximate surface area is 165 Å². The first-order valence-corrected chi connectivity index (χ1v) is 9.91. The number of aryl methyl sites for hydroxylation is 3. The molecule has 0 atom stereocenters. The van der Waals surface area contributed by atoms with Crippen LogP contribution in [0.15, 0.2) is 48.8 Å². The van der Waals surface area contributed by atoms with Gasteiger partial charge in [-0.3, -0.25) is 0 Å². The van der Waals surface area contributed by atoms with Crippen molar-refractivity contribution in [3.63, 3.8) is 0 Å². The second-order valence-corrected chi connectivity index (χ2v) is 6.62. The van der Waals surface area contributed by atoms with Gasteiger partial charge in [0, 0.05) is 47.0 Å². The summed E-state index contributed by atoms with van der Waals surface area (Å²) in [6.45, 7) is 7.01. The molecule has 4 aromatic rings. The van der Waals surface area contributed by atoms with Gasteiger partial charge in [-0.1, -0.05) is 26.0 Å². The lowest BCUT2D eigenvalue weighted by Crippen LogP contribution is -2.06. The van der Waals surface area contributed by atoms with Crippen molar-refractivity contribution in [2.45, 2.75) is 33.6 Å². The summed E-state index contributed by atoms with van der Waals surface area (Å²) in [6, 6.07) is 10.3. The maximum atomic E-state index is 4.93. The van der Waals surface area contributed by atoms with Crippen LogP contribution >= 0.6 is 0 Å². The Hall–Kier alpha value is -3.21. The molecule has 142 valence electrons. The van der Waals surface area contributed by atoms with Gasteiger partial charge in [-0.25, -0.2) is 15.0 Å². The number of nitrogens with zero attached hydrogens (tertiary/aromatic N) is 4. The molecular formula is C23H25N5. The molecule has 0 saturated heterocycles. The Balaban J connectivity index is 0.000000932. The van der Waals surface area contributed by atoms with Gasteiger partial charge >= 0.3 is 0 Å². The highest BCUT2D eigenvalue weighted by molar-refractivity contribution is 5.80. The van der Waals surface area contributed by atoms with E-state index >= 15 is 0 Å². The van der Waals surface area contributed by atoms with E-state index in [4.69, 9.17) is 4.98 Å². The molecule has 5 rings (SSSR count). The normalized spacial score (nSPS) is 12.4. The van der Waals surface area contributed by atoms with E-state index < -0.39 is 0 Å². The largest absolute Gasteiger partial charge is 0.381 e. The summed E-state index contributed by atoms with van der Waals surface area (Å²) in [7, 11) is 0. The lowest BCUT2D eigenvalue weighted by Gasteiger charge is -2.13. The Bertz CT molecular complexity index is 1160. The molecule has 4 aromatic heterocycles. The summed E-state index contributed by atoms with van der Waals surface area (Å²) < 4.78 is 2.18. The molecule has 5 heterocycles. The molecule has 1 N–H and O–H groups in total. The van der Waals surface area contributed by atoms with Gasteiger partial charge in [0.05, 0.1) is 5.69 Å². The van der Waals surface area contributed by atoms with E-state index in [0.717, 1.165) is 53.1 Å². The minimum Gasteiger partial charge on any atom is -0.381 e. The smallest absolute Gasteiger partial charge is 0.159 e. The van der Waals surface area contributed by atoms with E-state index in [2.05, 4.69) is 63.2 Å². The zero-order valence-electron chi connectivity index (χ0n) is 16.6. The molecule has 0 bridgehead atoms. The number of aromatic nitrogens is 4. The molecule has 0 saturated carbocycles. The van der Waals surface area contributed by atoms with Crippen molar-refractivity contribution >= 4 is 28.4 Å². The summed E-state index contributed by atoms with van der Waals surface area (Å²) in [6.07, 6.45) is 9.91. The summed E-state index contributed by atoms with van der Waals surface area (Å²) >= 11 is 0. The van der Waals surface area contributed by atoms with Gasteiger partial charge < -0.3 is 9.72 Å². The molecule has 5 heteroatoms. The van der Waals surface area contributed by atoms with Crippen LogP contribution < -0.4 is 5.32 Å². The Morgan fingerprint density at radius 2 is 1.96 bits per heavy atom. The first-order valence-electron chi connectivity index (χ1n) is 9.91. The van der Waals surface area contributed by atoms with Crippen molar-refractivity contribution in [3.05, 3.63) is 71.4 Å². The van der Waals surface area contributed by atoms with Crippen molar-refractivity contribution in [1.29, 1.82) is 0 Å². The van der Waals surface area contributed by atoms with E-state index in [-0.39, 0.29) is 0 Å². The average molecular weight is 371 g/mol. The van der Waals surface area contributed by atoms with Gasteiger partial charge in [0.25, 0.3) is 0 Å². The maximum Gasteiger partial charge on any atom is 0.159 e. The summed E-state index contributed by atoms with van der Waals surface area (Å²) in [4.78, 5) is 14.0. The molecule has 1 aliphatic rings. The SMILES string of the molecule is CC.Cc1c(CCc2ccc3cccnc3n2)nc2c3c(ccn12)NCC=C3. The molecule has 28 heavy (non-hydrogen) atoms. The average Bonchev–Trinajstić information content (AvgIpc) is 3.09. The van der Waals surface area contributed by atoms with Crippen LogP contribution in [0.3, 0.4) is 0 Å². The fourth-order valence-corrected chi connectivity index (χ4v) is 3.57. The predicted molar refractivity (Wildman–Crippen MR) is 116 cm³/mol. The second-order valence-electron chi connectivity index (χ2n) is 6.62. The molecule has 0 aromatic carbocycles. The van der Waals surface area contributed by atoms with E-state index in [0.29, 0.717) is 0 Å². The standard InChI is InChI=1S/C21H19N5.C2H6/c1-14-18(9-8-16-7-6-15-4-2-12-23-20(15)24-16)25-21-17-5-3-11-22-19(17)10-13-26(14)21;1-2/h2-7,10,12-13,22H,8-9,11H2,1H3;1-2H3. The quantitative estimate of drug-likeness (QED) is 0.560. The van der Waals surface area contributed by atoms with E-state index in [1.807, 2.05) is 26.0 Å². The minimum absolute atomic E-state index is 0.807. The number of pyridine rings is 3. The zero-order valence-corrected chi connectivity index (χ0v) is 16.6. The Morgan fingerprint density at radius 3 is 2.86 bits per heavy atom. The lowest BCUT2D eigenvalue weighted by atomic mass is 10.1. The van der Waals surface area contributed by atoms with Crippen LogP contribution in [0.5, 0.6) is 0 Å². The van der Waals surface area contributed by atoms with Gasteiger partial charge in [0.2, 0.25) is 0 Å². The first kappa shape index (κ1) is 18.2. The minimum atomic E-state index is 0.807. The highest BCUT2D eigenvalue weighted by Crippen LogP contribution is 2.27. The number of hydrogen-bond acceptors (Lipinski definition) is 4. The van der Waals surface area contributed by atoms with Crippen LogP contribution in [0.2, 0.25) is 0 Å². The van der Waals surface area contributed by atoms with E-state index in [9.17, 15) is 0 Å². The predicted octanol–water partition coefficient (Wildman–Crippen LogP) is 4.84. The molecule has 0 radical (unpaired) electrons. The van der Waals surface area contributed by atoms with Crippen molar-refractivity contribution in [3.8, 4) is 0 Å². The van der Waals surface area contributed by atoms with Gasteiger partial charge in [-0.05, 0) is 50.1 Å². The van der Waals surface area contributed by atoms with Crippen molar-refractivity contribution in [2.24, 2.45) is 0 Å². The number of hydrogen-bond donors (Lipinski definition) is 1. The summed E-state index contributed by atoms with van der Waals surface area (Å²) in [5, 5.41) is 4.48. The van der Waals surface area contributed by atoms with Crippen LogP contribution in [0.4, 0.5) is 5.69 Å². The molecule has 0 amide bonds. The third-order valence-corrected chi connectivity index (χ3v) is 5.00. The van der Waals surface area contributed by atoms with Crippen LogP contribution in [-0.4, -0.2) is 25.9 Å². The van der Waals surface area contributed by atoms with Gasteiger partial charge in [-0.15, -0.1) is 0 Å². The molecular weight excluding hydrogens is 346 g/mol. The van der Waals surface area contributed by atoms with Crippen LogP contribution in [-0.2, 0) is 12.8 Å². The Kier molecular flexibility index (Phi) is 5.06. The molecule has 0 fully saturated rings. The number of rotatable bonds is 3. The first-order chi connectivity index (χ1) is 13.8. The third-order valence-electron chi connectivity index (χ3n) is 5.00. The number of imidazole rings is 1. The van der Waals surface area contributed by atoms with Crippen LogP contribution in [0.25, 0.3) is 22.8 Å². The second kappa shape index (κ2) is 7.80. The number of fused-ring (bicyclic) bond motifs is 4. The third kappa shape index (κ3) is 3.24. The molecule has 1 aliphatic heterocycles. The van der Waals surface area contributed by atoms with Gasteiger partial charge in [0.1, 0.15) is 5.65 Å². The molecule has 0 unspecified atom stereocenters. The fourth-order valence-electron chi connectivity index (χ4n) is 3.57. The van der Waals surface area contributed by atoms with Crippen molar-refractivity contribution in [1.82, 2.24) is 19.4 Å². The summed E-state index contributed by atoms with van der Waals surface area (Å²) in [5.74, 6) is 0. The monoisotopic (exact) mass is 371 g/mol. The van der Waals surface area contributed by atoms with E-state index in [1.54, 1.807) is 6.20 Å². The van der Waals surface area contributed by atoms with E-state index in [1.165, 1.54) is 11.3 Å². The van der Waals surface area contributed by atoms with Crippen LogP contribution in [0, 0.1) is 6.92 Å². The zero-order chi connectivity index (χ0) is 19.5. The fraction of sp³-hybridized carbons (Fsp3) is 0.261. The van der Waals surface area contributed by atoms with Gasteiger partial charge in [-0.2, -0.15) is 0 Å². The van der Waals surface area contributed by atoms with Crippen molar-refractivity contribution in [2.75, 3.05) is 11.9 Å². The Morgan fingerprint density at radius 1 is 1.07 bits per heavy atom. The van der Waals surface area contributed by atoms with Crippen molar-refractivity contribution < 1.29 is 0 Å². The molecule has 0 spiro atoms. The number of anilines is 1. The summed E-state index contributed by atoms with van der Waals surface area (Å²) in [5.41, 5.74) is 7.52. The topological polar surface area (TPSA) is 55.1 Å². The van der Waals surface area contributed by atoms with Crippen LogP contribution in [0.1, 0.15) is 36.5 Å². The highest BCUT2D eigenvalue weighted by atomic mass is 15.0. The van der Waals surface area contributed by atoms with Gasteiger partial charge in [0.15, 0.2) is 5.65 Å². The maximum absolute atomic E-state index is 4.93.